The number of hydrogen-bond donors (Lipinski definition) is 4. The minimum Gasteiger partial charge on any atom is -0.352 e. The maximum Gasteiger partial charge on any atom is 0.312 e. The molecule has 0 fully saturated rings. The molecule has 4 amide bonds. The quantitative estimate of drug-likeness (QED) is 0.505. The van der Waals surface area contributed by atoms with Crippen molar-refractivity contribution in [3.05, 3.63) is 29.8 Å². The first-order chi connectivity index (χ1) is 12.2. The van der Waals surface area contributed by atoms with Gasteiger partial charge in [-0.2, -0.15) is 0 Å². The number of urea groups is 1. The highest BCUT2D eigenvalue weighted by Crippen LogP contribution is 2.13. The molecule has 2 unspecified atom stereocenters. The summed E-state index contributed by atoms with van der Waals surface area (Å²) in [7, 11) is 0. The van der Waals surface area contributed by atoms with Gasteiger partial charge in [0.1, 0.15) is 6.04 Å². The summed E-state index contributed by atoms with van der Waals surface area (Å²) in [5, 5.41) is 8.13. The van der Waals surface area contributed by atoms with Gasteiger partial charge in [-0.3, -0.25) is 9.59 Å². The summed E-state index contributed by atoms with van der Waals surface area (Å²) in [6.45, 7) is 8.07. The Bertz CT molecular complexity index is 614. The number of anilines is 1. The first kappa shape index (κ1) is 21.5. The highest BCUT2D eigenvalue weighted by molar-refractivity contribution is 5.97. The molecule has 0 bridgehead atoms. The molecule has 0 spiro atoms. The lowest BCUT2D eigenvalue weighted by atomic mass is 9.96. The monoisotopic (exact) mass is 362 g/mol. The Morgan fingerprint density at radius 1 is 1.04 bits per heavy atom. The van der Waals surface area contributed by atoms with Crippen LogP contribution in [0.4, 0.5) is 10.5 Å². The average Bonchev–Trinajstić information content (AvgIpc) is 2.58. The summed E-state index contributed by atoms with van der Waals surface area (Å²) < 4.78 is 0. The number of nitrogens with one attached hydrogen (secondary N) is 3. The van der Waals surface area contributed by atoms with Crippen LogP contribution in [0.1, 0.15) is 39.2 Å². The third-order valence-electron chi connectivity index (χ3n) is 4.33. The van der Waals surface area contributed by atoms with Gasteiger partial charge in [0.25, 0.3) is 0 Å². The van der Waals surface area contributed by atoms with Crippen molar-refractivity contribution in [3.63, 3.8) is 0 Å². The predicted octanol–water partition coefficient (Wildman–Crippen LogP) is 2.16. The second-order valence-electron chi connectivity index (χ2n) is 6.88. The summed E-state index contributed by atoms with van der Waals surface area (Å²) in [5.41, 5.74) is 6.80. The van der Waals surface area contributed by atoms with E-state index in [4.69, 9.17) is 5.73 Å². The molecule has 0 saturated carbocycles. The van der Waals surface area contributed by atoms with Crippen molar-refractivity contribution in [3.8, 4) is 0 Å². The molecule has 0 heterocycles. The first-order valence-corrected chi connectivity index (χ1v) is 8.92. The fourth-order valence-electron chi connectivity index (χ4n) is 2.26. The standard InChI is InChI=1S/C19H30N4O3/c1-12(2)14(4)17(24)23-16(6-5-11-21-19(20)26)18(25)22-15-9-7-13(3)8-10-15/h7-10,12,14,16H,5-6,11H2,1-4H3,(H,22,25)(H,23,24)(H3,20,21,26). The summed E-state index contributed by atoms with van der Waals surface area (Å²) >= 11 is 0. The maximum absolute atomic E-state index is 12.6. The van der Waals surface area contributed by atoms with Crippen molar-refractivity contribution in [1.29, 1.82) is 0 Å². The van der Waals surface area contributed by atoms with Crippen molar-refractivity contribution in [2.24, 2.45) is 17.6 Å². The van der Waals surface area contributed by atoms with E-state index < -0.39 is 12.1 Å². The summed E-state index contributed by atoms with van der Waals surface area (Å²) in [6, 6.07) is 6.15. The Morgan fingerprint density at radius 2 is 1.65 bits per heavy atom. The van der Waals surface area contributed by atoms with Gasteiger partial charge in [-0.1, -0.05) is 38.5 Å². The zero-order valence-corrected chi connectivity index (χ0v) is 16.0. The van der Waals surface area contributed by atoms with E-state index in [9.17, 15) is 14.4 Å². The van der Waals surface area contributed by atoms with Gasteiger partial charge in [-0.05, 0) is 37.8 Å². The van der Waals surface area contributed by atoms with E-state index in [2.05, 4.69) is 16.0 Å². The molecule has 0 aromatic heterocycles. The van der Waals surface area contributed by atoms with Crippen LogP contribution in [0, 0.1) is 18.8 Å². The smallest absolute Gasteiger partial charge is 0.312 e. The van der Waals surface area contributed by atoms with Gasteiger partial charge < -0.3 is 21.7 Å². The maximum atomic E-state index is 12.6. The van der Waals surface area contributed by atoms with Gasteiger partial charge >= 0.3 is 6.03 Å². The number of amides is 4. The number of hydrogen-bond acceptors (Lipinski definition) is 3. The zero-order chi connectivity index (χ0) is 19.7. The molecular weight excluding hydrogens is 332 g/mol. The normalized spacial score (nSPS) is 13.0. The lowest BCUT2D eigenvalue weighted by molar-refractivity contribution is -0.130. The SMILES string of the molecule is Cc1ccc(NC(=O)C(CCCNC(N)=O)NC(=O)C(C)C(C)C)cc1. The van der Waals surface area contributed by atoms with Gasteiger partial charge in [0.15, 0.2) is 0 Å². The lowest BCUT2D eigenvalue weighted by Crippen LogP contribution is -2.46. The van der Waals surface area contributed by atoms with Gasteiger partial charge in [-0.15, -0.1) is 0 Å². The van der Waals surface area contributed by atoms with Crippen LogP contribution in [-0.4, -0.2) is 30.4 Å². The van der Waals surface area contributed by atoms with Crippen LogP contribution in [0.25, 0.3) is 0 Å². The van der Waals surface area contributed by atoms with E-state index >= 15 is 0 Å². The molecule has 1 aromatic rings. The van der Waals surface area contributed by atoms with Gasteiger partial charge in [0.2, 0.25) is 11.8 Å². The third kappa shape index (κ3) is 7.55. The van der Waals surface area contributed by atoms with Crippen LogP contribution < -0.4 is 21.7 Å². The Morgan fingerprint density at radius 3 is 2.19 bits per heavy atom. The molecule has 7 heteroatoms. The lowest BCUT2D eigenvalue weighted by Gasteiger charge is -2.22. The van der Waals surface area contributed by atoms with E-state index in [1.807, 2.05) is 52.0 Å². The minimum absolute atomic E-state index is 0.160. The third-order valence-corrected chi connectivity index (χ3v) is 4.33. The number of carbonyl (C=O) groups is 3. The molecule has 0 radical (unpaired) electrons. The topological polar surface area (TPSA) is 113 Å². The van der Waals surface area contributed by atoms with E-state index in [1.54, 1.807) is 0 Å². The van der Waals surface area contributed by atoms with Crippen LogP contribution >= 0.6 is 0 Å². The van der Waals surface area contributed by atoms with Crippen molar-refractivity contribution in [2.75, 3.05) is 11.9 Å². The van der Waals surface area contributed by atoms with Crippen molar-refractivity contribution < 1.29 is 14.4 Å². The Labute approximate surface area is 155 Å². The number of nitrogens with two attached hydrogens (primary N) is 1. The second kappa shape index (κ2) is 10.4. The largest absolute Gasteiger partial charge is 0.352 e. The molecule has 0 saturated heterocycles. The average molecular weight is 362 g/mol. The van der Waals surface area contributed by atoms with Crippen molar-refractivity contribution in [2.45, 2.75) is 46.6 Å². The van der Waals surface area contributed by atoms with E-state index in [0.29, 0.717) is 25.1 Å². The first-order valence-electron chi connectivity index (χ1n) is 8.92. The fraction of sp³-hybridized carbons (Fsp3) is 0.526. The zero-order valence-electron chi connectivity index (χ0n) is 16.0. The number of rotatable bonds is 9. The molecule has 26 heavy (non-hydrogen) atoms. The molecular formula is C19H30N4O3. The molecule has 5 N–H and O–H groups in total. The van der Waals surface area contributed by atoms with Crippen LogP contribution in [-0.2, 0) is 9.59 Å². The summed E-state index contributed by atoms with van der Waals surface area (Å²) in [4.78, 5) is 35.7. The van der Waals surface area contributed by atoms with E-state index in [0.717, 1.165) is 5.56 Å². The minimum atomic E-state index is -0.681. The molecule has 144 valence electrons. The van der Waals surface area contributed by atoms with Gasteiger partial charge in [0, 0.05) is 18.2 Å². The second-order valence-corrected chi connectivity index (χ2v) is 6.88. The summed E-state index contributed by atoms with van der Waals surface area (Å²) in [5.74, 6) is -0.468. The van der Waals surface area contributed by atoms with Gasteiger partial charge in [0.05, 0.1) is 0 Å². The van der Waals surface area contributed by atoms with Crippen molar-refractivity contribution in [1.82, 2.24) is 10.6 Å². The molecule has 0 aliphatic heterocycles. The number of aryl methyl sites for hydroxylation is 1. The van der Waals surface area contributed by atoms with Crippen molar-refractivity contribution >= 4 is 23.5 Å². The molecule has 0 aliphatic carbocycles. The Hall–Kier alpha value is -2.57. The number of carbonyl (C=O) groups excluding carboxylic acids is 3. The van der Waals surface area contributed by atoms with Gasteiger partial charge in [-0.25, -0.2) is 4.79 Å². The Kier molecular flexibility index (Phi) is 8.61. The predicted molar refractivity (Wildman–Crippen MR) is 103 cm³/mol. The molecule has 7 nitrogen and oxygen atoms in total. The van der Waals surface area contributed by atoms with E-state index in [1.165, 1.54) is 0 Å². The molecule has 1 aromatic carbocycles. The van der Waals surface area contributed by atoms with E-state index in [-0.39, 0.29) is 23.7 Å². The molecule has 1 rings (SSSR count). The molecule has 0 aliphatic rings. The van der Waals surface area contributed by atoms with Crippen LogP contribution in [0.5, 0.6) is 0 Å². The van der Waals surface area contributed by atoms with Crippen LogP contribution in [0.3, 0.4) is 0 Å². The number of benzene rings is 1. The molecule has 2 atom stereocenters. The number of primary amides is 1. The fourth-order valence-corrected chi connectivity index (χ4v) is 2.26. The van der Waals surface area contributed by atoms with Crippen LogP contribution in [0.2, 0.25) is 0 Å². The highest BCUT2D eigenvalue weighted by Gasteiger charge is 2.24. The Balaban J connectivity index is 2.73. The summed E-state index contributed by atoms with van der Waals surface area (Å²) in [6.07, 6.45) is 0.916. The van der Waals surface area contributed by atoms with Crippen LogP contribution in [0.15, 0.2) is 24.3 Å². The highest BCUT2D eigenvalue weighted by atomic mass is 16.2.